The molecule has 244 valence electrons. The maximum absolute atomic E-state index is 15.0. The van der Waals surface area contributed by atoms with E-state index < -0.39 is 52.6 Å². The third-order valence-corrected chi connectivity index (χ3v) is 11.5. The van der Waals surface area contributed by atoms with Crippen LogP contribution >= 0.6 is 22.9 Å². The molecule has 2 aromatic heterocycles. The number of carbonyl (C=O) groups excluding carboxylic acids is 4. The van der Waals surface area contributed by atoms with Gasteiger partial charge in [-0.25, -0.2) is 4.39 Å². The number of likely N-dealkylation sites (tertiary alicyclic amines) is 1. The highest BCUT2D eigenvalue weighted by molar-refractivity contribution is 7.09. The number of thiophene rings is 1. The zero-order valence-electron chi connectivity index (χ0n) is 25.3. The number of nitrogens with zero attached hydrogens (tertiary/aromatic N) is 2. The molecule has 1 saturated carbocycles. The molecule has 6 unspecified atom stereocenters. The Morgan fingerprint density at radius 3 is 2.42 bits per heavy atom. The van der Waals surface area contributed by atoms with Crippen LogP contribution in [0.25, 0.3) is 0 Å². The van der Waals surface area contributed by atoms with Crippen molar-refractivity contribution < 1.29 is 33.1 Å². The van der Waals surface area contributed by atoms with Crippen LogP contribution in [0.15, 0.2) is 94.2 Å². The molecule has 0 spiro atoms. The third-order valence-electron chi connectivity index (χ3n) is 10.4. The standard InChI is InChI=1S/C36H29ClFN3O6S/c37-20-5-3-19(4-6-20)36-28(33(44)41(35(36)46)39-22-9-7-21(38)8-10-22)16-27-25(31(36)29-14-11-23(18-42)47-29)12-13-26-30(27)34(45)40(32(26)43)17-24-2-1-15-48-24/h1-12,14-15,26-28,30-31,39,42H,13,16-18H2. The van der Waals surface area contributed by atoms with Crippen molar-refractivity contribution in [1.29, 1.82) is 0 Å². The summed E-state index contributed by atoms with van der Waals surface area (Å²) in [6.45, 7) is -0.205. The predicted octanol–water partition coefficient (Wildman–Crippen LogP) is 5.81. The number of nitrogens with one attached hydrogen (secondary N) is 1. The number of imide groups is 2. The zero-order chi connectivity index (χ0) is 33.3. The average Bonchev–Trinajstić information content (AvgIpc) is 3.88. The number of carbonyl (C=O) groups is 4. The maximum Gasteiger partial charge on any atom is 0.260 e. The predicted molar refractivity (Wildman–Crippen MR) is 174 cm³/mol. The highest BCUT2D eigenvalue weighted by Crippen LogP contribution is 2.64. The SMILES string of the molecule is O=C1C2CC=C3C(CC4C(=O)N(Nc5ccc(F)cc5)C(=O)C4(c4ccc(Cl)cc4)C3c3ccc(CO)o3)C2C(=O)N1Cc1cccs1. The Labute approximate surface area is 283 Å². The summed E-state index contributed by atoms with van der Waals surface area (Å²) in [7, 11) is 0. The van der Waals surface area contributed by atoms with Gasteiger partial charge < -0.3 is 9.52 Å². The summed E-state index contributed by atoms with van der Waals surface area (Å²) in [5.41, 5.74) is 2.97. The number of aliphatic hydroxyl groups is 1. The first-order chi connectivity index (χ1) is 23.2. The third kappa shape index (κ3) is 4.52. The van der Waals surface area contributed by atoms with Gasteiger partial charge in [0.1, 0.15) is 29.4 Å². The van der Waals surface area contributed by atoms with E-state index in [0.717, 1.165) is 15.5 Å². The monoisotopic (exact) mass is 685 g/mol. The second-order valence-corrected chi connectivity index (χ2v) is 14.1. The molecule has 2 aromatic carbocycles. The van der Waals surface area contributed by atoms with Crippen molar-refractivity contribution in [2.45, 2.75) is 37.3 Å². The summed E-state index contributed by atoms with van der Waals surface area (Å²) in [4.78, 5) is 59.8. The van der Waals surface area contributed by atoms with Gasteiger partial charge in [0.05, 0.1) is 35.9 Å². The van der Waals surface area contributed by atoms with Gasteiger partial charge in [0.2, 0.25) is 11.8 Å². The van der Waals surface area contributed by atoms with Gasteiger partial charge in [-0.1, -0.05) is 41.4 Å². The lowest BCUT2D eigenvalue weighted by molar-refractivity contribution is -0.141. The fourth-order valence-electron chi connectivity index (χ4n) is 8.38. The second-order valence-electron chi connectivity index (χ2n) is 12.7. The Kier molecular flexibility index (Phi) is 7.39. The van der Waals surface area contributed by atoms with Crippen LogP contribution in [0.4, 0.5) is 10.1 Å². The van der Waals surface area contributed by atoms with E-state index >= 15 is 4.79 Å². The quantitative estimate of drug-likeness (QED) is 0.186. The minimum absolute atomic E-state index is 0.123. The fourth-order valence-corrected chi connectivity index (χ4v) is 9.20. The van der Waals surface area contributed by atoms with E-state index in [2.05, 4.69) is 5.43 Å². The molecule has 12 heteroatoms. The normalized spacial score (nSPS) is 28.0. The number of fused-ring (bicyclic) bond motifs is 4. The number of rotatable bonds is 7. The number of hydrogen-bond donors (Lipinski definition) is 2. The minimum atomic E-state index is -1.54. The zero-order valence-corrected chi connectivity index (χ0v) is 26.9. The highest BCUT2D eigenvalue weighted by atomic mass is 35.5. The van der Waals surface area contributed by atoms with Crippen LogP contribution in [-0.4, -0.2) is 38.6 Å². The molecule has 4 aromatic rings. The van der Waals surface area contributed by atoms with E-state index in [-0.39, 0.29) is 43.6 Å². The van der Waals surface area contributed by atoms with Crippen LogP contribution in [0.5, 0.6) is 0 Å². The summed E-state index contributed by atoms with van der Waals surface area (Å²) >= 11 is 7.78. The molecule has 3 fully saturated rings. The Morgan fingerprint density at radius 1 is 0.958 bits per heavy atom. The van der Waals surface area contributed by atoms with Gasteiger partial charge in [0, 0.05) is 9.90 Å². The van der Waals surface area contributed by atoms with Crippen molar-refractivity contribution in [3.63, 3.8) is 0 Å². The number of hydrazine groups is 1. The first-order valence-corrected chi connectivity index (χ1v) is 16.9. The number of amides is 4. The molecule has 4 amide bonds. The molecule has 2 saturated heterocycles. The van der Waals surface area contributed by atoms with Gasteiger partial charge in [-0.05, 0) is 84.3 Å². The smallest absolute Gasteiger partial charge is 0.260 e. The Balaban J connectivity index is 1.29. The van der Waals surface area contributed by atoms with Gasteiger partial charge in [-0.15, -0.1) is 11.3 Å². The van der Waals surface area contributed by atoms with Crippen molar-refractivity contribution in [2.24, 2.45) is 23.7 Å². The van der Waals surface area contributed by atoms with Crippen molar-refractivity contribution in [1.82, 2.24) is 9.91 Å². The van der Waals surface area contributed by atoms with Gasteiger partial charge in [-0.2, -0.15) is 5.01 Å². The molecule has 6 atom stereocenters. The fraction of sp³-hybridized carbons (Fsp3) is 0.278. The van der Waals surface area contributed by atoms with Crippen LogP contribution in [-0.2, 0) is 37.7 Å². The van der Waals surface area contributed by atoms with Crippen molar-refractivity contribution >= 4 is 52.3 Å². The van der Waals surface area contributed by atoms with Crippen LogP contribution in [0.1, 0.15) is 40.7 Å². The molecule has 4 heterocycles. The number of aliphatic hydroxyl groups excluding tert-OH is 1. The molecule has 0 bridgehead atoms. The van der Waals surface area contributed by atoms with Crippen LogP contribution in [0.3, 0.4) is 0 Å². The molecule has 9 nitrogen and oxygen atoms in total. The highest BCUT2D eigenvalue weighted by Gasteiger charge is 2.71. The topological polar surface area (TPSA) is 120 Å². The van der Waals surface area contributed by atoms with E-state index in [4.69, 9.17) is 16.0 Å². The molecule has 48 heavy (non-hydrogen) atoms. The summed E-state index contributed by atoms with van der Waals surface area (Å²) in [5, 5.41) is 13.3. The van der Waals surface area contributed by atoms with E-state index in [9.17, 15) is 23.9 Å². The first-order valence-electron chi connectivity index (χ1n) is 15.7. The minimum Gasteiger partial charge on any atom is -0.463 e. The van der Waals surface area contributed by atoms with Gasteiger partial charge in [-0.3, -0.25) is 29.5 Å². The molecule has 2 aliphatic carbocycles. The lowest BCUT2D eigenvalue weighted by atomic mass is 9.50. The van der Waals surface area contributed by atoms with Gasteiger partial charge in [0.15, 0.2) is 0 Å². The van der Waals surface area contributed by atoms with Crippen LogP contribution in [0.2, 0.25) is 5.02 Å². The largest absolute Gasteiger partial charge is 0.463 e. The number of anilines is 1. The lowest BCUT2D eigenvalue weighted by Gasteiger charge is -2.49. The van der Waals surface area contributed by atoms with Gasteiger partial charge >= 0.3 is 0 Å². The van der Waals surface area contributed by atoms with Crippen molar-refractivity contribution in [3.8, 4) is 0 Å². The molecule has 2 aliphatic heterocycles. The number of halogens is 2. The average molecular weight is 686 g/mol. The van der Waals surface area contributed by atoms with Crippen molar-refractivity contribution in [2.75, 3.05) is 5.43 Å². The molecular formula is C36H29ClFN3O6S. The number of furan rings is 1. The summed E-state index contributed by atoms with van der Waals surface area (Å²) in [6.07, 6.45) is 2.35. The Morgan fingerprint density at radius 2 is 1.73 bits per heavy atom. The van der Waals surface area contributed by atoms with E-state index in [0.29, 0.717) is 22.0 Å². The molecule has 4 aliphatic rings. The molecule has 0 radical (unpaired) electrons. The van der Waals surface area contributed by atoms with Crippen molar-refractivity contribution in [3.05, 3.63) is 123 Å². The van der Waals surface area contributed by atoms with Gasteiger partial charge in [0.25, 0.3) is 11.8 Å². The number of benzene rings is 2. The maximum atomic E-state index is 15.0. The number of hydrogen-bond acceptors (Lipinski definition) is 8. The van der Waals surface area contributed by atoms with Crippen LogP contribution in [0, 0.1) is 29.5 Å². The molecular weight excluding hydrogens is 657 g/mol. The van der Waals surface area contributed by atoms with Crippen LogP contribution < -0.4 is 5.43 Å². The Hall–Kier alpha value is -4.58. The second kappa shape index (κ2) is 11.5. The van der Waals surface area contributed by atoms with E-state index in [1.54, 1.807) is 36.4 Å². The van der Waals surface area contributed by atoms with E-state index in [1.807, 2.05) is 23.6 Å². The van der Waals surface area contributed by atoms with E-state index in [1.165, 1.54) is 40.5 Å². The molecule has 8 rings (SSSR count). The number of allylic oxidation sites excluding steroid dienone is 2. The summed E-state index contributed by atoms with van der Waals surface area (Å²) in [5.74, 6) is -5.17. The Bertz CT molecular complexity index is 1980. The molecule has 2 N–H and O–H groups in total. The first kappa shape index (κ1) is 30.7. The summed E-state index contributed by atoms with van der Waals surface area (Å²) < 4.78 is 20.0. The summed E-state index contributed by atoms with van der Waals surface area (Å²) in [6, 6.07) is 19.2. The lowest BCUT2D eigenvalue weighted by Crippen LogP contribution is -2.53.